The van der Waals surface area contributed by atoms with Crippen molar-refractivity contribution in [2.75, 3.05) is 12.3 Å². The number of carbonyl (C=O) groups is 1. The number of likely N-dealkylation sites (tertiary alicyclic amines) is 1. The van der Waals surface area contributed by atoms with E-state index in [0.717, 1.165) is 19.4 Å². The normalized spacial score (nSPS) is 17.6. The molecule has 5 nitrogen and oxygen atoms in total. The molecule has 3 rings (SSSR count). The summed E-state index contributed by atoms with van der Waals surface area (Å²) >= 11 is 1.33. The molecule has 1 unspecified atom stereocenters. The lowest BCUT2D eigenvalue weighted by molar-refractivity contribution is -0.131. The first-order valence-electron chi connectivity index (χ1n) is 8.64. The van der Waals surface area contributed by atoms with Gasteiger partial charge in [-0.2, -0.15) is 0 Å². The van der Waals surface area contributed by atoms with Crippen molar-refractivity contribution in [3.05, 3.63) is 47.3 Å². The van der Waals surface area contributed by atoms with E-state index in [1.165, 1.54) is 18.2 Å². The summed E-state index contributed by atoms with van der Waals surface area (Å²) in [5, 5.41) is 1.16. The first-order valence-corrected chi connectivity index (χ1v) is 9.63. The Balaban J connectivity index is 1.85. The van der Waals surface area contributed by atoms with Gasteiger partial charge in [-0.15, -0.1) is 6.58 Å². The Morgan fingerprint density at radius 2 is 2.20 bits per heavy atom. The number of hydrogen-bond acceptors (Lipinski definition) is 4. The molecule has 1 amide bonds. The lowest BCUT2D eigenvalue weighted by Gasteiger charge is -2.33. The molecule has 0 aliphatic carbocycles. The van der Waals surface area contributed by atoms with E-state index in [4.69, 9.17) is 0 Å². The number of carbonyl (C=O) groups excluding carboxylic acids is 1. The van der Waals surface area contributed by atoms with E-state index in [1.807, 2.05) is 23.1 Å². The zero-order chi connectivity index (χ0) is 17.8. The van der Waals surface area contributed by atoms with Crippen LogP contribution in [0.4, 0.5) is 0 Å². The Morgan fingerprint density at radius 1 is 1.40 bits per heavy atom. The van der Waals surface area contributed by atoms with Gasteiger partial charge in [0, 0.05) is 19.1 Å². The van der Waals surface area contributed by atoms with Gasteiger partial charge >= 0.3 is 0 Å². The van der Waals surface area contributed by atoms with Gasteiger partial charge in [0.1, 0.15) is 0 Å². The van der Waals surface area contributed by atoms with Crippen molar-refractivity contribution < 1.29 is 4.79 Å². The molecular weight excluding hydrogens is 334 g/mol. The van der Waals surface area contributed by atoms with Crippen molar-refractivity contribution in [3.63, 3.8) is 0 Å². The van der Waals surface area contributed by atoms with Crippen molar-refractivity contribution >= 4 is 28.6 Å². The molecule has 0 spiro atoms. The number of nitrogens with zero attached hydrogens (tertiary/aromatic N) is 3. The Hall–Kier alpha value is -2.08. The minimum absolute atomic E-state index is 0.0909. The van der Waals surface area contributed by atoms with Crippen LogP contribution < -0.4 is 5.56 Å². The van der Waals surface area contributed by atoms with Gasteiger partial charge in [0.05, 0.1) is 16.7 Å². The van der Waals surface area contributed by atoms with Gasteiger partial charge in [0.15, 0.2) is 5.16 Å². The second kappa shape index (κ2) is 7.87. The number of piperidine rings is 1. The number of hydrogen-bond donors (Lipinski definition) is 0. The maximum Gasteiger partial charge on any atom is 0.262 e. The van der Waals surface area contributed by atoms with Gasteiger partial charge < -0.3 is 4.90 Å². The fourth-order valence-electron chi connectivity index (χ4n) is 3.23. The predicted octanol–water partition coefficient (Wildman–Crippen LogP) is 3.08. The fourth-order valence-corrected chi connectivity index (χ4v) is 4.12. The molecule has 1 aliphatic rings. The number of thioether (sulfide) groups is 1. The average Bonchev–Trinajstić information content (AvgIpc) is 2.63. The van der Waals surface area contributed by atoms with Crippen LogP contribution in [0.15, 0.2) is 46.9 Å². The van der Waals surface area contributed by atoms with Gasteiger partial charge in [0.2, 0.25) is 5.91 Å². The largest absolute Gasteiger partial charge is 0.339 e. The van der Waals surface area contributed by atoms with Crippen LogP contribution in [0.2, 0.25) is 0 Å². The Morgan fingerprint density at radius 3 is 2.96 bits per heavy atom. The summed E-state index contributed by atoms with van der Waals surface area (Å²) in [6, 6.07) is 7.59. The van der Waals surface area contributed by atoms with Gasteiger partial charge in [-0.1, -0.05) is 30.0 Å². The van der Waals surface area contributed by atoms with Gasteiger partial charge in [-0.3, -0.25) is 14.2 Å². The van der Waals surface area contributed by atoms with Crippen molar-refractivity contribution in [2.45, 2.75) is 43.9 Å². The third-order valence-corrected chi connectivity index (χ3v) is 5.55. The summed E-state index contributed by atoms with van der Waals surface area (Å²) in [4.78, 5) is 31.8. The highest BCUT2D eigenvalue weighted by molar-refractivity contribution is 7.99. The van der Waals surface area contributed by atoms with E-state index in [9.17, 15) is 9.59 Å². The van der Waals surface area contributed by atoms with Crippen molar-refractivity contribution in [2.24, 2.45) is 0 Å². The Bertz CT molecular complexity index is 846. The summed E-state index contributed by atoms with van der Waals surface area (Å²) in [6.07, 6.45) is 4.99. The van der Waals surface area contributed by atoms with Crippen molar-refractivity contribution in [3.8, 4) is 0 Å². The van der Waals surface area contributed by atoms with E-state index in [0.29, 0.717) is 34.4 Å². The molecule has 1 aliphatic heterocycles. The van der Waals surface area contributed by atoms with E-state index in [1.54, 1.807) is 16.7 Å². The van der Waals surface area contributed by atoms with Gasteiger partial charge in [-0.05, 0) is 38.3 Å². The second-order valence-electron chi connectivity index (χ2n) is 6.34. The molecule has 132 valence electrons. The molecule has 1 atom stereocenters. The molecule has 1 fully saturated rings. The van der Waals surface area contributed by atoms with Crippen LogP contribution in [0.3, 0.4) is 0 Å². The fraction of sp³-hybridized carbons (Fsp3) is 0.421. The molecule has 0 saturated carbocycles. The van der Waals surface area contributed by atoms with Crippen molar-refractivity contribution in [1.29, 1.82) is 0 Å². The number of amides is 1. The maximum absolute atomic E-state index is 12.7. The highest BCUT2D eigenvalue weighted by Gasteiger charge is 2.23. The van der Waals surface area contributed by atoms with Crippen LogP contribution >= 0.6 is 11.8 Å². The second-order valence-corrected chi connectivity index (χ2v) is 7.28. The van der Waals surface area contributed by atoms with E-state index in [-0.39, 0.29) is 11.5 Å². The average molecular weight is 357 g/mol. The summed E-state index contributed by atoms with van der Waals surface area (Å²) in [5.41, 5.74) is 0.570. The molecule has 25 heavy (non-hydrogen) atoms. The van der Waals surface area contributed by atoms with Crippen LogP contribution in [0.1, 0.15) is 26.2 Å². The summed E-state index contributed by atoms with van der Waals surface area (Å²) < 4.78 is 1.59. The number of benzene rings is 1. The SMILES string of the molecule is C=CCn1c(SCC(=O)N2CCCCC2C)nc2ccccc2c1=O. The van der Waals surface area contributed by atoms with Crippen LogP contribution in [-0.2, 0) is 11.3 Å². The van der Waals surface area contributed by atoms with Crippen molar-refractivity contribution in [1.82, 2.24) is 14.5 Å². The van der Waals surface area contributed by atoms with Gasteiger partial charge in [0.25, 0.3) is 5.56 Å². The summed E-state index contributed by atoms with van der Waals surface area (Å²) in [5.74, 6) is 0.413. The number of fused-ring (bicyclic) bond motifs is 1. The molecule has 1 saturated heterocycles. The molecule has 0 radical (unpaired) electrons. The monoisotopic (exact) mass is 357 g/mol. The Kier molecular flexibility index (Phi) is 5.58. The minimum Gasteiger partial charge on any atom is -0.339 e. The summed E-state index contributed by atoms with van der Waals surface area (Å²) in [7, 11) is 0. The lowest BCUT2D eigenvalue weighted by atomic mass is 10.0. The molecule has 1 aromatic carbocycles. The molecule has 0 bridgehead atoms. The minimum atomic E-state index is -0.0909. The van der Waals surface area contributed by atoms with Crippen LogP contribution in [0, 0.1) is 0 Å². The summed E-state index contributed by atoms with van der Waals surface area (Å²) in [6.45, 7) is 7.03. The number of allylic oxidation sites excluding steroid dienone is 1. The highest BCUT2D eigenvalue weighted by Crippen LogP contribution is 2.21. The lowest BCUT2D eigenvalue weighted by Crippen LogP contribution is -2.43. The van der Waals surface area contributed by atoms with Crippen LogP contribution in [-0.4, -0.2) is 38.7 Å². The zero-order valence-electron chi connectivity index (χ0n) is 14.5. The number of aromatic nitrogens is 2. The highest BCUT2D eigenvalue weighted by atomic mass is 32.2. The van der Waals surface area contributed by atoms with E-state index >= 15 is 0 Å². The third kappa shape index (κ3) is 3.79. The standard InChI is InChI=1S/C19H23N3O2S/c1-3-11-22-18(24)15-9-4-5-10-16(15)20-19(22)25-13-17(23)21-12-7-6-8-14(21)2/h3-5,9-10,14H,1,6-8,11-13H2,2H3. The predicted molar refractivity (Wildman–Crippen MR) is 102 cm³/mol. The Labute approximate surface area is 151 Å². The quantitative estimate of drug-likeness (QED) is 0.469. The topological polar surface area (TPSA) is 55.2 Å². The van der Waals surface area contributed by atoms with Crippen LogP contribution in [0.5, 0.6) is 0 Å². The molecule has 1 aromatic heterocycles. The third-order valence-electron chi connectivity index (χ3n) is 4.59. The smallest absolute Gasteiger partial charge is 0.262 e. The molecular formula is C19H23N3O2S. The van der Waals surface area contributed by atoms with Crippen LogP contribution in [0.25, 0.3) is 10.9 Å². The van der Waals surface area contributed by atoms with E-state index < -0.39 is 0 Å². The number of rotatable bonds is 5. The molecule has 0 N–H and O–H groups in total. The van der Waals surface area contributed by atoms with E-state index in [2.05, 4.69) is 18.5 Å². The van der Waals surface area contributed by atoms with Gasteiger partial charge in [-0.25, -0.2) is 4.98 Å². The zero-order valence-corrected chi connectivity index (χ0v) is 15.3. The molecule has 6 heteroatoms. The molecule has 2 aromatic rings. The number of para-hydroxylation sites is 1. The first-order chi connectivity index (χ1) is 12.1. The first kappa shape index (κ1) is 17.7. The molecule has 2 heterocycles. The maximum atomic E-state index is 12.7.